The van der Waals surface area contributed by atoms with Gasteiger partial charge in [-0.05, 0) is 154 Å². The molecule has 69 heavy (non-hydrogen) atoms. The van der Waals surface area contributed by atoms with E-state index in [4.69, 9.17) is 4.98 Å². The third-order valence-corrected chi connectivity index (χ3v) is 15.8. The van der Waals surface area contributed by atoms with E-state index in [1.807, 2.05) is 24.7 Å². The van der Waals surface area contributed by atoms with Gasteiger partial charge in [0.2, 0.25) is 0 Å². The van der Waals surface area contributed by atoms with E-state index >= 15 is 0 Å². The number of hydrogen-bond donors (Lipinski definition) is 0. The van der Waals surface area contributed by atoms with Gasteiger partial charge < -0.3 is 0 Å². The third kappa shape index (κ3) is 6.21. The first-order valence-corrected chi connectivity index (χ1v) is 24.1. The summed E-state index contributed by atoms with van der Waals surface area (Å²) < 4.78 is 0. The van der Waals surface area contributed by atoms with E-state index in [0.29, 0.717) is 5.82 Å². The van der Waals surface area contributed by atoms with Crippen LogP contribution in [0.4, 0.5) is 0 Å². The highest BCUT2D eigenvalue weighted by atomic mass is 14.8. The van der Waals surface area contributed by atoms with Crippen molar-refractivity contribution in [2.24, 2.45) is 0 Å². The van der Waals surface area contributed by atoms with Gasteiger partial charge in [-0.25, -0.2) is 9.97 Å². The lowest BCUT2D eigenvalue weighted by atomic mass is 9.79. The van der Waals surface area contributed by atoms with Crippen LogP contribution in [0.15, 0.2) is 195 Å². The molecular weight excluding hydrogens is 837 g/mol. The van der Waals surface area contributed by atoms with Gasteiger partial charge in [-0.15, -0.1) is 0 Å². The smallest absolute Gasteiger partial charge is 0.159 e. The van der Waals surface area contributed by atoms with Gasteiger partial charge in [0, 0.05) is 52.2 Å². The molecule has 0 saturated carbocycles. The Balaban J connectivity index is 0.929. The predicted octanol–water partition coefficient (Wildman–Crippen LogP) is 16.2. The summed E-state index contributed by atoms with van der Waals surface area (Å²) >= 11 is 0. The summed E-state index contributed by atoms with van der Waals surface area (Å²) in [6.45, 7) is 14.2. The largest absolute Gasteiger partial charge is 0.261 e. The molecule has 4 nitrogen and oxygen atoms in total. The first kappa shape index (κ1) is 41.1. The zero-order valence-electron chi connectivity index (χ0n) is 39.8. The fourth-order valence-corrected chi connectivity index (χ4v) is 12.1. The van der Waals surface area contributed by atoms with Gasteiger partial charge in [0.05, 0.1) is 11.9 Å². The lowest BCUT2D eigenvalue weighted by molar-refractivity contribution is 0.660. The molecule has 0 bridgehead atoms. The number of hydrogen-bond acceptors (Lipinski definition) is 4. The maximum Gasteiger partial charge on any atom is 0.159 e. The number of nitrogens with zero attached hydrogens (tertiary/aromatic N) is 4. The Morgan fingerprint density at radius 2 is 0.652 bits per heavy atom. The number of benzene rings is 8. The molecule has 13 rings (SSSR count). The van der Waals surface area contributed by atoms with Crippen LogP contribution in [0.25, 0.3) is 101 Å². The Morgan fingerprint density at radius 3 is 1.12 bits per heavy atom. The Hall–Kier alpha value is -8.08. The molecule has 0 aliphatic heterocycles. The summed E-state index contributed by atoms with van der Waals surface area (Å²) in [6, 6.07) is 61.5. The fraction of sp³-hybridized carbons (Fsp3) is 0.138. The van der Waals surface area contributed by atoms with Crippen LogP contribution in [0.5, 0.6) is 0 Å². The van der Waals surface area contributed by atoms with E-state index < -0.39 is 0 Å². The Labute approximate surface area is 404 Å². The van der Waals surface area contributed by atoms with E-state index in [1.165, 1.54) is 106 Å². The van der Waals surface area contributed by atoms with Crippen LogP contribution in [0, 0.1) is 0 Å². The summed E-state index contributed by atoms with van der Waals surface area (Å²) in [7, 11) is 0. The van der Waals surface area contributed by atoms with Gasteiger partial charge in [0.25, 0.3) is 0 Å². The minimum absolute atomic E-state index is 0.105. The first-order valence-electron chi connectivity index (χ1n) is 24.1. The van der Waals surface area contributed by atoms with E-state index in [1.54, 1.807) is 12.4 Å². The van der Waals surface area contributed by atoms with Crippen LogP contribution < -0.4 is 0 Å². The average Bonchev–Trinajstić information content (AvgIpc) is 3.87. The van der Waals surface area contributed by atoms with Crippen molar-refractivity contribution in [3.63, 3.8) is 0 Å². The minimum atomic E-state index is -0.285. The van der Waals surface area contributed by atoms with Crippen LogP contribution in [-0.4, -0.2) is 19.9 Å². The molecule has 0 fully saturated rings. The topological polar surface area (TPSA) is 51.6 Å². The van der Waals surface area contributed by atoms with Crippen LogP contribution in [0.2, 0.25) is 0 Å². The molecule has 4 heteroatoms. The summed E-state index contributed by atoms with van der Waals surface area (Å²) in [6.07, 6.45) is 9.00. The lowest BCUT2D eigenvalue weighted by Crippen LogP contribution is -2.15. The van der Waals surface area contributed by atoms with Crippen LogP contribution in [-0.2, 0) is 16.2 Å². The van der Waals surface area contributed by atoms with E-state index in [9.17, 15) is 0 Å². The molecule has 0 saturated heterocycles. The van der Waals surface area contributed by atoms with Crippen molar-refractivity contribution in [1.29, 1.82) is 0 Å². The maximum absolute atomic E-state index is 4.73. The van der Waals surface area contributed by atoms with Gasteiger partial charge in [0.1, 0.15) is 0 Å². The highest BCUT2D eigenvalue weighted by Crippen LogP contribution is 2.54. The summed E-state index contributed by atoms with van der Waals surface area (Å²) in [4.78, 5) is 18.5. The van der Waals surface area contributed by atoms with E-state index in [2.05, 4.69) is 214 Å². The summed E-state index contributed by atoms with van der Waals surface area (Å²) in [5, 5.41) is 0. The predicted molar refractivity (Wildman–Crippen MR) is 283 cm³/mol. The highest BCUT2D eigenvalue weighted by Gasteiger charge is 2.39. The zero-order valence-corrected chi connectivity index (χ0v) is 39.8. The molecule has 2 aromatic heterocycles. The molecule has 0 atom stereocenters. The maximum atomic E-state index is 4.73. The van der Waals surface area contributed by atoms with Crippen molar-refractivity contribution >= 4 is 0 Å². The van der Waals surface area contributed by atoms with Crippen LogP contribution >= 0.6 is 0 Å². The molecule has 8 aromatic carbocycles. The standard InChI is InChI=1S/C65H50N4/c1-63(2)55-14-9-7-12-47(55)49-24-16-39(34-57(49)63)45-22-20-43(61-38-66-30-31-67-61)32-53(45)41-18-26-51-52-27-19-42(37-60(52)65(5,6)59(51)36-41)54-33-44(62-68-28-11-29-69-62)21-23-46(54)40-17-25-50-48-13-8-10-15-56(48)64(3,4)58(50)35-40/h7-38H,1-6H3. The molecule has 3 aliphatic carbocycles. The van der Waals surface area contributed by atoms with Crippen molar-refractivity contribution in [3.05, 3.63) is 228 Å². The minimum Gasteiger partial charge on any atom is -0.261 e. The van der Waals surface area contributed by atoms with Gasteiger partial charge >= 0.3 is 0 Å². The monoisotopic (exact) mass is 886 g/mol. The summed E-state index contributed by atoms with van der Waals surface area (Å²) in [5.74, 6) is 0.716. The number of fused-ring (bicyclic) bond motifs is 9. The van der Waals surface area contributed by atoms with Crippen molar-refractivity contribution in [1.82, 2.24) is 19.9 Å². The highest BCUT2D eigenvalue weighted by molar-refractivity contribution is 5.95. The van der Waals surface area contributed by atoms with Crippen LogP contribution in [0.1, 0.15) is 74.9 Å². The van der Waals surface area contributed by atoms with Gasteiger partial charge in [-0.3, -0.25) is 9.97 Å². The normalized spacial score (nSPS) is 14.9. The SMILES string of the molecule is CC1(C)c2ccccc2-c2ccc(-c3ccc(-c4cnccn4)cc3-c3ccc4c(c3)C(C)(C)c3cc(-c5cc(-c6ncccn6)ccc5-c5ccc6c(c5)C(C)(C)c5ccccc5-6)ccc3-4)cc21. The van der Waals surface area contributed by atoms with Crippen molar-refractivity contribution in [3.8, 4) is 101 Å². The van der Waals surface area contributed by atoms with Crippen molar-refractivity contribution in [2.45, 2.75) is 57.8 Å². The van der Waals surface area contributed by atoms with Gasteiger partial charge in [-0.2, -0.15) is 0 Å². The molecule has 10 aromatic rings. The second kappa shape index (κ2) is 15.0. The molecule has 330 valence electrons. The molecule has 0 unspecified atom stereocenters. The molecule has 2 heterocycles. The average molecular weight is 887 g/mol. The zero-order chi connectivity index (χ0) is 46.8. The Kier molecular flexibility index (Phi) is 8.92. The van der Waals surface area contributed by atoms with Crippen molar-refractivity contribution in [2.75, 3.05) is 0 Å². The molecule has 0 spiro atoms. The van der Waals surface area contributed by atoms with E-state index in [-0.39, 0.29) is 16.2 Å². The second-order valence-corrected chi connectivity index (χ2v) is 20.7. The third-order valence-electron chi connectivity index (χ3n) is 15.8. The molecule has 0 amide bonds. The first-order chi connectivity index (χ1) is 33.5. The Bertz CT molecular complexity index is 3500. The Morgan fingerprint density at radius 1 is 0.275 bits per heavy atom. The van der Waals surface area contributed by atoms with Gasteiger partial charge in [0.15, 0.2) is 5.82 Å². The van der Waals surface area contributed by atoms with Crippen LogP contribution in [0.3, 0.4) is 0 Å². The van der Waals surface area contributed by atoms with E-state index in [0.717, 1.165) is 22.4 Å². The molecule has 0 N–H and O–H groups in total. The lowest BCUT2D eigenvalue weighted by Gasteiger charge is -2.24. The molecule has 0 radical (unpaired) electrons. The number of rotatable bonds is 6. The second-order valence-electron chi connectivity index (χ2n) is 20.7. The quantitative estimate of drug-likeness (QED) is 0.167. The molecule has 3 aliphatic rings. The fourth-order valence-electron chi connectivity index (χ4n) is 12.1. The summed E-state index contributed by atoms with van der Waals surface area (Å²) in [5.41, 5.74) is 27.9. The number of aromatic nitrogens is 4. The molecular formula is C65H50N4. The van der Waals surface area contributed by atoms with Gasteiger partial charge in [-0.1, -0.05) is 163 Å². The van der Waals surface area contributed by atoms with Crippen molar-refractivity contribution < 1.29 is 0 Å².